The molecule has 1 aliphatic heterocycles. The van der Waals surface area contributed by atoms with Crippen LogP contribution in [0.3, 0.4) is 0 Å². The van der Waals surface area contributed by atoms with E-state index in [0.29, 0.717) is 0 Å². The first-order valence-electron chi connectivity index (χ1n) is 8.16. The van der Waals surface area contributed by atoms with Crippen molar-refractivity contribution < 1.29 is 0 Å². The second-order valence-electron chi connectivity index (χ2n) is 6.30. The summed E-state index contributed by atoms with van der Waals surface area (Å²) in [5.74, 6) is 1.84. The molecule has 0 aliphatic carbocycles. The van der Waals surface area contributed by atoms with Crippen LogP contribution in [0.5, 0.6) is 0 Å². The number of piperazine rings is 1. The molecule has 0 saturated carbocycles. The summed E-state index contributed by atoms with van der Waals surface area (Å²) in [5.41, 5.74) is 2.28. The van der Waals surface area contributed by atoms with Gasteiger partial charge in [-0.15, -0.1) is 0 Å². The maximum absolute atomic E-state index is 4.80. The van der Waals surface area contributed by atoms with Crippen LogP contribution >= 0.6 is 0 Å². The van der Waals surface area contributed by atoms with E-state index >= 15 is 0 Å². The molecule has 5 nitrogen and oxygen atoms in total. The Hall–Kier alpha value is -2.14. The summed E-state index contributed by atoms with van der Waals surface area (Å²) in [5, 5.41) is 0. The molecule has 1 aromatic carbocycles. The average Bonchev–Trinajstić information content (AvgIpc) is 2.56. The van der Waals surface area contributed by atoms with Crippen LogP contribution in [0.4, 0.5) is 11.8 Å². The molecule has 5 heteroatoms. The third kappa shape index (κ3) is 3.99. The Kier molecular flexibility index (Phi) is 4.76. The predicted molar refractivity (Wildman–Crippen MR) is 95.0 cm³/mol. The maximum Gasteiger partial charge on any atom is 0.227 e. The van der Waals surface area contributed by atoms with Gasteiger partial charge >= 0.3 is 0 Å². The summed E-state index contributed by atoms with van der Waals surface area (Å²) < 4.78 is 0. The van der Waals surface area contributed by atoms with Crippen molar-refractivity contribution in [3.8, 4) is 0 Å². The normalized spacial score (nSPS) is 15.7. The fourth-order valence-corrected chi connectivity index (χ4v) is 2.83. The molecule has 1 aliphatic rings. The van der Waals surface area contributed by atoms with Gasteiger partial charge in [-0.1, -0.05) is 30.3 Å². The minimum atomic E-state index is 0.794. The molecule has 0 unspecified atom stereocenters. The molecule has 0 spiro atoms. The highest BCUT2D eigenvalue weighted by atomic mass is 15.3. The van der Waals surface area contributed by atoms with Crippen molar-refractivity contribution in [2.24, 2.45) is 0 Å². The fraction of sp³-hybridized carbons (Fsp3) is 0.444. The Balaban J connectivity index is 1.77. The first-order valence-corrected chi connectivity index (χ1v) is 8.16. The van der Waals surface area contributed by atoms with E-state index < -0.39 is 0 Å². The molecule has 0 radical (unpaired) electrons. The fourth-order valence-electron chi connectivity index (χ4n) is 2.83. The van der Waals surface area contributed by atoms with Crippen molar-refractivity contribution in [1.29, 1.82) is 0 Å². The first kappa shape index (κ1) is 15.7. The van der Waals surface area contributed by atoms with Crippen LogP contribution < -0.4 is 9.80 Å². The standard InChI is InChI=1S/C18H25N5/c1-15-13-17(23-11-9-21(2)10-12-23)20-18(19-15)22(3)14-16-7-5-4-6-8-16/h4-8,13H,9-12,14H2,1-3H3. The molecule has 2 heterocycles. The number of nitrogens with zero attached hydrogens (tertiary/aromatic N) is 5. The zero-order valence-electron chi connectivity index (χ0n) is 14.2. The zero-order chi connectivity index (χ0) is 16.2. The molecular weight excluding hydrogens is 286 g/mol. The number of rotatable bonds is 4. The predicted octanol–water partition coefficient (Wildman–Crippen LogP) is 2.17. The Labute approximate surface area is 138 Å². The summed E-state index contributed by atoms with van der Waals surface area (Å²) >= 11 is 0. The quantitative estimate of drug-likeness (QED) is 0.865. The van der Waals surface area contributed by atoms with Gasteiger partial charge in [0, 0.05) is 51.5 Å². The molecule has 1 fully saturated rings. The number of hydrogen-bond acceptors (Lipinski definition) is 5. The lowest BCUT2D eigenvalue weighted by Crippen LogP contribution is -2.45. The second kappa shape index (κ2) is 6.96. The van der Waals surface area contributed by atoms with Crippen molar-refractivity contribution in [1.82, 2.24) is 14.9 Å². The molecule has 0 bridgehead atoms. The summed E-state index contributed by atoms with van der Waals surface area (Å²) in [7, 11) is 4.22. The van der Waals surface area contributed by atoms with Crippen LogP contribution in [0.15, 0.2) is 36.4 Å². The lowest BCUT2D eigenvalue weighted by molar-refractivity contribution is 0.312. The minimum absolute atomic E-state index is 0.794. The molecule has 0 N–H and O–H groups in total. The summed E-state index contributed by atoms with van der Waals surface area (Å²) in [6.45, 7) is 7.06. The average molecular weight is 311 g/mol. The number of anilines is 2. The highest BCUT2D eigenvalue weighted by Crippen LogP contribution is 2.19. The highest BCUT2D eigenvalue weighted by molar-refractivity contribution is 5.46. The highest BCUT2D eigenvalue weighted by Gasteiger charge is 2.17. The van der Waals surface area contributed by atoms with Crippen molar-refractivity contribution in [3.63, 3.8) is 0 Å². The van der Waals surface area contributed by atoms with E-state index in [2.05, 4.69) is 64.1 Å². The molecular formula is C18H25N5. The van der Waals surface area contributed by atoms with Crippen LogP contribution in [0.25, 0.3) is 0 Å². The van der Waals surface area contributed by atoms with Gasteiger partial charge in [-0.3, -0.25) is 0 Å². The van der Waals surface area contributed by atoms with Crippen molar-refractivity contribution in [2.45, 2.75) is 13.5 Å². The summed E-state index contributed by atoms with van der Waals surface area (Å²) in [6, 6.07) is 12.5. The monoisotopic (exact) mass is 311 g/mol. The van der Waals surface area contributed by atoms with Gasteiger partial charge in [-0.25, -0.2) is 4.98 Å². The van der Waals surface area contributed by atoms with Gasteiger partial charge in [0.2, 0.25) is 5.95 Å². The van der Waals surface area contributed by atoms with Crippen LogP contribution in [-0.2, 0) is 6.54 Å². The second-order valence-corrected chi connectivity index (χ2v) is 6.30. The van der Waals surface area contributed by atoms with Gasteiger partial charge in [-0.05, 0) is 19.5 Å². The van der Waals surface area contributed by atoms with E-state index in [0.717, 1.165) is 50.2 Å². The number of aromatic nitrogens is 2. The SMILES string of the molecule is Cc1cc(N2CCN(C)CC2)nc(N(C)Cc2ccccc2)n1. The van der Waals surface area contributed by atoms with Crippen molar-refractivity contribution >= 4 is 11.8 Å². The summed E-state index contributed by atoms with van der Waals surface area (Å²) in [6.07, 6.45) is 0. The lowest BCUT2D eigenvalue weighted by atomic mass is 10.2. The van der Waals surface area contributed by atoms with Gasteiger partial charge < -0.3 is 14.7 Å². The van der Waals surface area contributed by atoms with Gasteiger partial charge in [0.15, 0.2) is 0 Å². The number of benzene rings is 1. The van der Waals surface area contributed by atoms with E-state index in [1.165, 1.54) is 5.56 Å². The Morgan fingerprint density at radius 1 is 1.04 bits per heavy atom. The van der Waals surface area contributed by atoms with Crippen LogP contribution in [0.1, 0.15) is 11.3 Å². The van der Waals surface area contributed by atoms with Crippen molar-refractivity contribution in [3.05, 3.63) is 47.7 Å². The largest absolute Gasteiger partial charge is 0.354 e. The molecule has 3 rings (SSSR count). The van der Waals surface area contributed by atoms with Crippen LogP contribution in [0, 0.1) is 6.92 Å². The zero-order valence-corrected chi connectivity index (χ0v) is 14.2. The molecule has 23 heavy (non-hydrogen) atoms. The summed E-state index contributed by atoms with van der Waals surface area (Å²) in [4.78, 5) is 16.2. The Morgan fingerprint density at radius 3 is 2.43 bits per heavy atom. The first-order chi connectivity index (χ1) is 11.1. The Bertz CT molecular complexity index is 635. The third-order valence-electron chi connectivity index (χ3n) is 4.26. The van der Waals surface area contributed by atoms with E-state index in [9.17, 15) is 0 Å². The van der Waals surface area contributed by atoms with Gasteiger partial charge in [0.05, 0.1) is 0 Å². The minimum Gasteiger partial charge on any atom is -0.354 e. The molecule has 122 valence electrons. The van der Waals surface area contributed by atoms with E-state index in [-0.39, 0.29) is 0 Å². The maximum atomic E-state index is 4.80. The van der Waals surface area contributed by atoms with E-state index in [1.807, 2.05) is 13.0 Å². The molecule has 0 amide bonds. The van der Waals surface area contributed by atoms with Crippen molar-refractivity contribution in [2.75, 3.05) is 50.1 Å². The van der Waals surface area contributed by atoms with E-state index in [4.69, 9.17) is 4.98 Å². The topological polar surface area (TPSA) is 35.5 Å². The number of likely N-dealkylation sites (N-methyl/N-ethyl adjacent to an activating group) is 1. The molecule has 1 aromatic heterocycles. The smallest absolute Gasteiger partial charge is 0.227 e. The Morgan fingerprint density at radius 2 is 1.74 bits per heavy atom. The molecule has 0 atom stereocenters. The van der Waals surface area contributed by atoms with Gasteiger partial charge in [0.25, 0.3) is 0 Å². The molecule has 1 saturated heterocycles. The number of aryl methyl sites for hydroxylation is 1. The van der Waals surface area contributed by atoms with E-state index in [1.54, 1.807) is 0 Å². The number of hydrogen-bond donors (Lipinski definition) is 0. The third-order valence-corrected chi connectivity index (χ3v) is 4.26. The van der Waals surface area contributed by atoms with Crippen LogP contribution in [0.2, 0.25) is 0 Å². The lowest BCUT2D eigenvalue weighted by Gasteiger charge is -2.33. The van der Waals surface area contributed by atoms with Gasteiger partial charge in [-0.2, -0.15) is 4.98 Å². The molecule has 2 aromatic rings. The van der Waals surface area contributed by atoms with Crippen LogP contribution in [-0.4, -0.2) is 55.1 Å². The van der Waals surface area contributed by atoms with Gasteiger partial charge in [0.1, 0.15) is 5.82 Å².